The fourth-order valence-electron chi connectivity index (χ4n) is 2.40. The van der Waals surface area contributed by atoms with E-state index in [1.807, 2.05) is 19.0 Å². The monoisotopic (exact) mass is 331 g/mol. The fraction of sp³-hybridized carbons (Fsp3) is 0.800. The van der Waals surface area contributed by atoms with E-state index in [1.54, 1.807) is 0 Å². The molecule has 0 fully saturated rings. The predicted molar refractivity (Wildman–Crippen MR) is 89.1 cm³/mol. The van der Waals surface area contributed by atoms with E-state index in [9.17, 15) is 13.2 Å². The Morgan fingerprint density at radius 1 is 1.27 bits per heavy atom. The van der Waals surface area contributed by atoms with Gasteiger partial charge in [-0.25, -0.2) is 8.42 Å². The molecule has 1 aliphatic rings. The molecule has 128 valence electrons. The van der Waals surface area contributed by atoms with Crippen LogP contribution in [0, 0.1) is 0 Å². The van der Waals surface area contributed by atoms with Crippen LogP contribution in [0.1, 0.15) is 32.1 Å². The Morgan fingerprint density at radius 2 is 2.00 bits per heavy atom. The second-order valence-corrected chi connectivity index (χ2v) is 8.09. The maximum absolute atomic E-state index is 11.9. The van der Waals surface area contributed by atoms with Crippen molar-refractivity contribution >= 4 is 15.9 Å². The largest absolute Gasteiger partial charge is 0.354 e. The van der Waals surface area contributed by atoms with Gasteiger partial charge in [0, 0.05) is 19.6 Å². The number of nitrogens with one attached hydrogen (secondary N) is 1. The highest BCUT2D eigenvalue weighted by Gasteiger charge is 2.20. The van der Waals surface area contributed by atoms with Gasteiger partial charge in [-0.1, -0.05) is 11.6 Å². The third-order valence-corrected chi connectivity index (χ3v) is 4.99. The number of carbonyl (C=O) groups is 1. The van der Waals surface area contributed by atoms with Crippen molar-refractivity contribution < 1.29 is 13.2 Å². The Balaban J connectivity index is 2.47. The first-order valence-corrected chi connectivity index (χ1v) is 9.68. The van der Waals surface area contributed by atoms with Crippen LogP contribution in [-0.2, 0) is 14.8 Å². The molecule has 0 saturated carbocycles. The van der Waals surface area contributed by atoms with E-state index in [1.165, 1.54) is 22.7 Å². The molecule has 0 aliphatic heterocycles. The summed E-state index contributed by atoms with van der Waals surface area (Å²) in [6.07, 6.45) is 8.61. The first-order chi connectivity index (χ1) is 10.3. The van der Waals surface area contributed by atoms with Gasteiger partial charge in [-0.15, -0.1) is 0 Å². The van der Waals surface area contributed by atoms with E-state index in [-0.39, 0.29) is 12.5 Å². The van der Waals surface area contributed by atoms with Gasteiger partial charge >= 0.3 is 0 Å². The standard InChI is InChI=1S/C15H29N3O3S/c1-17(2)12-10-16-15(19)13-18(22(3,20)21)11-9-14-7-5-4-6-8-14/h7H,4-6,8-13H2,1-3H3,(H,16,19). The van der Waals surface area contributed by atoms with E-state index < -0.39 is 10.0 Å². The zero-order valence-electron chi connectivity index (χ0n) is 14.0. The average molecular weight is 331 g/mol. The Kier molecular flexibility index (Phi) is 8.06. The van der Waals surface area contributed by atoms with Gasteiger partial charge in [0.2, 0.25) is 15.9 Å². The van der Waals surface area contributed by atoms with Crippen molar-refractivity contribution in [1.82, 2.24) is 14.5 Å². The second kappa shape index (κ2) is 9.27. The van der Waals surface area contributed by atoms with Gasteiger partial charge in [0.15, 0.2) is 0 Å². The summed E-state index contributed by atoms with van der Waals surface area (Å²) in [5, 5.41) is 2.75. The van der Waals surface area contributed by atoms with Crippen LogP contribution in [0.2, 0.25) is 0 Å². The number of sulfonamides is 1. The molecule has 0 aromatic heterocycles. The number of hydrogen-bond acceptors (Lipinski definition) is 4. The lowest BCUT2D eigenvalue weighted by Gasteiger charge is -2.21. The van der Waals surface area contributed by atoms with Crippen molar-refractivity contribution in [2.75, 3.05) is 46.5 Å². The van der Waals surface area contributed by atoms with Crippen LogP contribution in [-0.4, -0.2) is 70.1 Å². The van der Waals surface area contributed by atoms with Gasteiger partial charge in [0.1, 0.15) is 0 Å². The van der Waals surface area contributed by atoms with E-state index in [0.717, 1.165) is 32.1 Å². The highest BCUT2D eigenvalue weighted by Crippen LogP contribution is 2.20. The molecule has 0 unspecified atom stereocenters. The zero-order valence-corrected chi connectivity index (χ0v) is 14.8. The molecule has 6 nitrogen and oxygen atoms in total. The number of carbonyl (C=O) groups excluding carboxylic acids is 1. The molecule has 0 aromatic carbocycles. The molecule has 0 spiro atoms. The third kappa shape index (κ3) is 7.91. The Hall–Kier alpha value is -0.920. The highest BCUT2D eigenvalue weighted by atomic mass is 32.2. The summed E-state index contributed by atoms with van der Waals surface area (Å²) < 4.78 is 25.0. The minimum absolute atomic E-state index is 0.0977. The number of allylic oxidation sites excluding steroid dienone is 1. The summed E-state index contributed by atoms with van der Waals surface area (Å²) in [5.74, 6) is -0.245. The number of nitrogens with zero attached hydrogens (tertiary/aromatic N) is 2. The molecule has 22 heavy (non-hydrogen) atoms. The summed E-state index contributed by atoms with van der Waals surface area (Å²) in [7, 11) is 0.480. The normalized spacial score (nSPS) is 16.0. The Morgan fingerprint density at radius 3 is 2.55 bits per heavy atom. The molecule has 1 amide bonds. The van der Waals surface area contributed by atoms with E-state index in [0.29, 0.717) is 13.1 Å². The molecule has 0 atom stereocenters. The van der Waals surface area contributed by atoms with Crippen LogP contribution >= 0.6 is 0 Å². The lowest BCUT2D eigenvalue weighted by molar-refractivity contribution is -0.121. The molecule has 0 radical (unpaired) electrons. The predicted octanol–water partition coefficient (Wildman–Crippen LogP) is 0.816. The first-order valence-electron chi connectivity index (χ1n) is 7.83. The fourth-order valence-corrected chi connectivity index (χ4v) is 3.17. The lowest BCUT2D eigenvalue weighted by atomic mass is 9.97. The van der Waals surface area contributed by atoms with Gasteiger partial charge < -0.3 is 10.2 Å². The molecule has 1 rings (SSSR count). The molecule has 0 bridgehead atoms. The maximum atomic E-state index is 11.9. The summed E-state index contributed by atoms with van der Waals surface area (Å²) in [6, 6.07) is 0. The second-order valence-electron chi connectivity index (χ2n) is 6.11. The average Bonchev–Trinajstić information content (AvgIpc) is 2.43. The zero-order chi connectivity index (χ0) is 16.6. The van der Waals surface area contributed by atoms with E-state index in [4.69, 9.17) is 0 Å². The van der Waals surface area contributed by atoms with Gasteiger partial charge in [0.05, 0.1) is 12.8 Å². The highest BCUT2D eigenvalue weighted by molar-refractivity contribution is 7.88. The van der Waals surface area contributed by atoms with Crippen molar-refractivity contribution in [2.45, 2.75) is 32.1 Å². The van der Waals surface area contributed by atoms with Crippen molar-refractivity contribution in [3.8, 4) is 0 Å². The topological polar surface area (TPSA) is 69.7 Å². The van der Waals surface area contributed by atoms with Crippen LogP contribution in [0.15, 0.2) is 11.6 Å². The molecular formula is C15H29N3O3S. The summed E-state index contributed by atoms with van der Waals surface area (Å²) >= 11 is 0. The molecule has 0 aromatic rings. The van der Waals surface area contributed by atoms with Crippen LogP contribution < -0.4 is 5.32 Å². The summed E-state index contributed by atoms with van der Waals surface area (Å²) in [6.45, 7) is 1.54. The van der Waals surface area contributed by atoms with Gasteiger partial charge in [-0.05, 0) is 46.2 Å². The molecule has 1 N–H and O–H groups in total. The number of hydrogen-bond donors (Lipinski definition) is 1. The van der Waals surface area contributed by atoms with Gasteiger partial charge in [-0.2, -0.15) is 4.31 Å². The quantitative estimate of drug-likeness (QED) is 0.635. The van der Waals surface area contributed by atoms with Crippen LogP contribution in [0.5, 0.6) is 0 Å². The molecule has 7 heteroatoms. The van der Waals surface area contributed by atoms with Gasteiger partial charge in [0.25, 0.3) is 0 Å². The Labute approximate surface area is 134 Å². The SMILES string of the molecule is CN(C)CCNC(=O)CN(CCC1=CCCCC1)S(C)(=O)=O. The minimum atomic E-state index is -3.37. The minimum Gasteiger partial charge on any atom is -0.354 e. The first kappa shape index (κ1) is 19.1. The van der Waals surface area contributed by atoms with Gasteiger partial charge in [-0.3, -0.25) is 4.79 Å². The van der Waals surface area contributed by atoms with E-state index in [2.05, 4.69) is 11.4 Å². The van der Waals surface area contributed by atoms with Crippen LogP contribution in [0.3, 0.4) is 0 Å². The summed E-state index contributed by atoms with van der Waals surface area (Å²) in [5.41, 5.74) is 1.31. The van der Waals surface area contributed by atoms with E-state index >= 15 is 0 Å². The Bertz CT molecular complexity index is 486. The molecule has 0 heterocycles. The van der Waals surface area contributed by atoms with Crippen LogP contribution in [0.25, 0.3) is 0 Å². The smallest absolute Gasteiger partial charge is 0.235 e. The molecule has 0 saturated heterocycles. The molecule has 1 aliphatic carbocycles. The van der Waals surface area contributed by atoms with Crippen molar-refractivity contribution in [3.05, 3.63) is 11.6 Å². The lowest BCUT2D eigenvalue weighted by Crippen LogP contribution is -2.42. The maximum Gasteiger partial charge on any atom is 0.235 e. The van der Waals surface area contributed by atoms with Crippen molar-refractivity contribution in [2.24, 2.45) is 0 Å². The van der Waals surface area contributed by atoms with Crippen molar-refractivity contribution in [1.29, 1.82) is 0 Å². The summed E-state index contributed by atoms with van der Waals surface area (Å²) in [4.78, 5) is 13.8. The number of rotatable bonds is 9. The number of likely N-dealkylation sites (N-methyl/N-ethyl adjacent to an activating group) is 1. The third-order valence-electron chi connectivity index (χ3n) is 3.74. The van der Waals surface area contributed by atoms with Crippen molar-refractivity contribution in [3.63, 3.8) is 0 Å². The molecular weight excluding hydrogens is 302 g/mol. The van der Waals surface area contributed by atoms with Crippen LogP contribution in [0.4, 0.5) is 0 Å². The number of amides is 1.